The maximum atomic E-state index is 13.0. The maximum Gasteiger partial charge on any atom is 0.244 e. The first-order chi connectivity index (χ1) is 9.53. The molecule has 1 amide bonds. The van der Waals surface area contributed by atoms with E-state index in [1.54, 1.807) is 0 Å². The van der Waals surface area contributed by atoms with Crippen molar-refractivity contribution >= 4 is 5.91 Å². The van der Waals surface area contributed by atoms with Gasteiger partial charge >= 0.3 is 0 Å². The Labute approximate surface area is 121 Å². The van der Waals surface area contributed by atoms with Crippen LogP contribution in [-0.2, 0) is 4.79 Å². The summed E-state index contributed by atoms with van der Waals surface area (Å²) in [5, 5.41) is 13.4. The summed E-state index contributed by atoms with van der Waals surface area (Å²) in [4.78, 5) is 15.2. The molecule has 1 spiro atoms. The van der Waals surface area contributed by atoms with Crippen molar-refractivity contribution in [3.63, 3.8) is 0 Å². The molecule has 3 rings (SSSR count). The van der Waals surface area contributed by atoms with Crippen LogP contribution in [0, 0.1) is 5.92 Å². The minimum absolute atomic E-state index is 0.158. The molecule has 0 bridgehead atoms. The summed E-state index contributed by atoms with van der Waals surface area (Å²) in [5.74, 6) is 0.779. The monoisotopic (exact) mass is 280 g/mol. The summed E-state index contributed by atoms with van der Waals surface area (Å²) in [7, 11) is 0. The highest BCUT2D eigenvalue weighted by atomic mass is 16.3. The van der Waals surface area contributed by atoms with Gasteiger partial charge in [0.1, 0.15) is 0 Å². The van der Waals surface area contributed by atoms with Crippen molar-refractivity contribution in [2.45, 2.75) is 89.1 Å². The third kappa shape index (κ3) is 2.27. The van der Waals surface area contributed by atoms with E-state index in [2.05, 4.69) is 24.1 Å². The highest BCUT2D eigenvalue weighted by Crippen LogP contribution is 2.40. The number of carbonyl (C=O) groups is 1. The molecule has 4 heteroatoms. The zero-order valence-corrected chi connectivity index (χ0v) is 12.8. The van der Waals surface area contributed by atoms with Gasteiger partial charge in [0.05, 0.1) is 17.8 Å². The van der Waals surface area contributed by atoms with Crippen LogP contribution in [0.1, 0.15) is 65.2 Å². The van der Waals surface area contributed by atoms with Gasteiger partial charge in [-0.2, -0.15) is 0 Å². The number of rotatable bonds is 2. The predicted octanol–water partition coefficient (Wildman–Crippen LogP) is 2.02. The lowest BCUT2D eigenvalue weighted by molar-refractivity contribution is -0.137. The standard InChI is InChI=1S/C16H28N2O2/c1-11(2)14-17-16(9-3-4-10-16)15(20)18(14)12-5-7-13(19)8-6-12/h11-14,17,19H,3-10H2,1-2H3. The lowest BCUT2D eigenvalue weighted by Gasteiger charge is -2.38. The smallest absolute Gasteiger partial charge is 0.244 e. The molecule has 2 saturated carbocycles. The van der Waals surface area contributed by atoms with E-state index in [0.29, 0.717) is 17.9 Å². The topological polar surface area (TPSA) is 52.6 Å². The van der Waals surface area contributed by atoms with Crippen molar-refractivity contribution in [1.29, 1.82) is 0 Å². The van der Waals surface area contributed by atoms with E-state index >= 15 is 0 Å². The second-order valence-corrected chi connectivity index (χ2v) is 7.30. The largest absolute Gasteiger partial charge is 0.393 e. The van der Waals surface area contributed by atoms with E-state index in [4.69, 9.17) is 0 Å². The molecule has 1 heterocycles. The molecule has 0 aromatic rings. The zero-order chi connectivity index (χ0) is 14.3. The number of nitrogens with one attached hydrogen (secondary N) is 1. The van der Waals surface area contributed by atoms with Gasteiger partial charge in [-0.3, -0.25) is 10.1 Å². The first-order valence-electron chi connectivity index (χ1n) is 8.32. The van der Waals surface area contributed by atoms with Crippen LogP contribution in [0.3, 0.4) is 0 Å². The highest BCUT2D eigenvalue weighted by molar-refractivity contribution is 5.89. The quantitative estimate of drug-likeness (QED) is 0.813. The average molecular weight is 280 g/mol. The summed E-state index contributed by atoms with van der Waals surface area (Å²) in [6.07, 6.45) is 7.94. The second kappa shape index (κ2) is 5.30. The van der Waals surface area contributed by atoms with Crippen LogP contribution in [0.5, 0.6) is 0 Å². The van der Waals surface area contributed by atoms with E-state index in [9.17, 15) is 9.90 Å². The Morgan fingerprint density at radius 3 is 2.35 bits per heavy atom. The van der Waals surface area contributed by atoms with Crippen molar-refractivity contribution in [2.75, 3.05) is 0 Å². The number of aliphatic hydroxyl groups excluding tert-OH is 1. The van der Waals surface area contributed by atoms with Crippen LogP contribution in [0.25, 0.3) is 0 Å². The molecule has 3 fully saturated rings. The second-order valence-electron chi connectivity index (χ2n) is 7.30. The molecule has 1 aliphatic heterocycles. The molecule has 3 aliphatic rings. The Kier molecular flexibility index (Phi) is 3.80. The number of carbonyl (C=O) groups excluding carboxylic acids is 1. The van der Waals surface area contributed by atoms with E-state index < -0.39 is 0 Å². The van der Waals surface area contributed by atoms with Crippen LogP contribution >= 0.6 is 0 Å². The fraction of sp³-hybridized carbons (Fsp3) is 0.938. The Morgan fingerprint density at radius 1 is 1.20 bits per heavy atom. The number of hydrogen-bond acceptors (Lipinski definition) is 3. The molecule has 1 saturated heterocycles. The average Bonchev–Trinajstić information content (AvgIpc) is 2.99. The Bertz CT molecular complexity index is 369. The van der Waals surface area contributed by atoms with Gasteiger partial charge in [-0.1, -0.05) is 26.7 Å². The van der Waals surface area contributed by atoms with Gasteiger partial charge in [-0.05, 0) is 44.4 Å². The number of amides is 1. The summed E-state index contributed by atoms with van der Waals surface area (Å²) in [6, 6.07) is 0.325. The minimum atomic E-state index is -0.259. The molecule has 0 radical (unpaired) electrons. The lowest BCUT2D eigenvalue weighted by atomic mass is 9.90. The number of nitrogens with zero attached hydrogens (tertiary/aromatic N) is 1. The van der Waals surface area contributed by atoms with Crippen LogP contribution in [0.2, 0.25) is 0 Å². The molecule has 4 nitrogen and oxygen atoms in total. The zero-order valence-electron chi connectivity index (χ0n) is 12.8. The Balaban J connectivity index is 1.81. The number of hydrogen-bond donors (Lipinski definition) is 2. The van der Waals surface area contributed by atoms with Crippen molar-refractivity contribution in [3.05, 3.63) is 0 Å². The number of aliphatic hydroxyl groups is 1. The predicted molar refractivity (Wildman–Crippen MR) is 78.1 cm³/mol. The summed E-state index contributed by atoms with van der Waals surface area (Å²) in [6.45, 7) is 4.40. The van der Waals surface area contributed by atoms with Crippen molar-refractivity contribution in [2.24, 2.45) is 5.92 Å². The SMILES string of the molecule is CC(C)C1NC2(CCCC2)C(=O)N1C1CCC(O)CC1. The van der Waals surface area contributed by atoms with Crippen LogP contribution in [-0.4, -0.2) is 39.8 Å². The van der Waals surface area contributed by atoms with E-state index in [-0.39, 0.29) is 17.8 Å². The molecule has 0 aromatic carbocycles. The third-order valence-corrected chi connectivity index (χ3v) is 5.52. The first kappa shape index (κ1) is 14.3. The van der Waals surface area contributed by atoms with Crippen LogP contribution < -0.4 is 5.32 Å². The van der Waals surface area contributed by atoms with Crippen molar-refractivity contribution in [1.82, 2.24) is 10.2 Å². The van der Waals surface area contributed by atoms with Gasteiger partial charge < -0.3 is 10.0 Å². The van der Waals surface area contributed by atoms with Crippen molar-refractivity contribution in [3.8, 4) is 0 Å². The molecule has 1 unspecified atom stereocenters. The summed E-state index contributed by atoms with van der Waals surface area (Å²) in [5.41, 5.74) is -0.259. The van der Waals surface area contributed by atoms with Gasteiger partial charge in [0, 0.05) is 6.04 Å². The van der Waals surface area contributed by atoms with E-state index in [1.165, 1.54) is 12.8 Å². The molecule has 114 valence electrons. The van der Waals surface area contributed by atoms with Gasteiger partial charge in [-0.15, -0.1) is 0 Å². The molecular formula is C16H28N2O2. The molecule has 0 aromatic heterocycles. The first-order valence-corrected chi connectivity index (χ1v) is 8.32. The Morgan fingerprint density at radius 2 is 1.80 bits per heavy atom. The lowest BCUT2D eigenvalue weighted by Crippen LogP contribution is -2.48. The fourth-order valence-electron chi connectivity index (χ4n) is 4.34. The van der Waals surface area contributed by atoms with Crippen molar-refractivity contribution < 1.29 is 9.90 Å². The van der Waals surface area contributed by atoms with Gasteiger partial charge in [0.25, 0.3) is 0 Å². The minimum Gasteiger partial charge on any atom is -0.393 e. The van der Waals surface area contributed by atoms with Gasteiger partial charge in [0.15, 0.2) is 0 Å². The maximum absolute atomic E-state index is 13.0. The molecule has 2 N–H and O–H groups in total. The third-order valence-electron chi connectivity index (χ3n) is 5.52. The van der Waals surface area contributed by atoms with E-state index in [1.807, 2.05) is 0 Å². The van der Waals surface area contributed by atoms with E-state index in [0.717, 1.165) is 38.5 Å². The Hall–Kier alpha value is -0.610. The van der Waals surface area contributed by atoms with Crippen LogP contribution in [0.4, 0.5) is 0 Å². The van der Waals surface area contributed by atoms with Crippen LogP contribution in [0.15, 0.2) is 0 Å². The molecule has 20 heavy (non-hydrogen) atoms. The molecular weight excluding hydrogens is 252 g/mol. The van der Waals surface area contributed by atoms with Gasteiger partial charge in [-0.25, -0.2) is 0 Å². The fourth-order valence-corrected chi connectivity index (χ4v) is 4.34. The van der Waals surface area contributed by atoms with Gasteiger partial charge in [0.2, 0.25) is 5.91 Å². The summed E-state index contributed by atoms with van der Waals surface area (Å²) >= 11 is 0. The molecule has 1 atom stereocenters. The molecule has 2 aliphatic carbocycles. The normalized spacial score (nSPS) is 37.3. The highest BCUT2D eigenvalue weighted by Gasteiger charge is 2.54. The summed E-state index contributed by atoms with van der Waals surface area (Å²) < 4.78 is 0.